The Labute approximate surface area is 144 Å². The van der Waals surface area contributed by atoms with Gasteiger partial charge in [-0.3, -0.25) is 4.68 Å². The van der Waals surface area contributed by atoms with Gasteiger partial charge in [-0.25, -0.2) is 0 Å². The van der Waals surface area contributed by atoms with E-state index >= 15 is 0 Å². The fourth-order valence-corrected chi connectivity index (χ4v) is 3.41. The highest BCUT2D eigenvalue weighted by atomic mass is 16.5. The van der Waals surface area contributed by atoms with Crippen molar-refractivity contribution in [2.75, 3.05) is 26.8 Å². The van der Waals surface area contributed by atoms with Gasteiger partial charge in [-0.05, 0) is 37.9 Å². The number of nitrogens with one attached hydrogen (secondary N) is 1. The van der Waals surface area contributed by atoms with Crippen LogP contribution in [0, 0.1) is 12.8 Å². The Balaban J connectivity index is 1.50. The molecule has 3 rings (SSSR count). The molecule has 1 N–H and O–H groups in total. The van der Waals surface area contributed by atoms with Crippen LogP contribution in [0.2, 0.25) is 0 Å². The summed E-state index contributed by atoms with van der Waals surface area (Å²) >= 11 is 0. The molecule has 1 aromatic carbocycles. The van der Waals surface area contributed by atoms with E-state index in [-0.39, 0.29) is 6.10 Å². The van der Waals surface area contributed by atoms with E-state index in [4.69, 9.17) is 9.47 Å². The third kappa shape index (κ3) is 3.97. The lowest BCUT2D eigenvalue weighted by Gasteiger charge is -2.18. The predicted octanol–water partition coefficient (Wildman–Crippen LogP) is 2.65. The van der Waals surface area contributed by atoms with E-state index in [1.54, 1.807) is 7.11 Å². The van der Waals surface area contributed by atoms with Crippen LogP contribution in [-0.4, -0.2) is 36.6 Å². The Morgan fingerprint density at radius 2 is 2.29 bits per heavy atom. The molecule has 0 radical (unpaired) electrons. The summed E-state index contributed by atoms with van der Waals surface area (Å²) in [5.41, 5.74) is 3.71. The lowest BCUT2D eigenvalue weighted by molar-refractivity contribution is 0.0905. The zero-order valence-corrected chi connectivity index (χ0v) is 14.8. The van der Waals surface area contributed by atoms with Crippen LogP contribution in [0.15, 0.2) is 30.6 Å². The molecule has 2 atom stereocenters. The minimum atomic E-state index is 0.166. The first-order chi connectivity index (χ1) is 11.7. The molecule has 0 saturated carbocycles. The predicted molar refractivity (Wildman–Crippen MR) is 94.3 cm³/mol. The number of rotatable bonds is 7. The Hall–Kier alpha value is -1.85. The van der Waals surface area contributed by atoms with E-state index in [1.807, 2.05) is 24.0 Å². The summed E-state index contributed by atoms with van der Waals surface area (Å²) in [6, 6.07) is 6.34. The third-order valence-corrected chi connectivity index (χ3v) is 4.68. The van der Waals surface area contributed by atoms with E-state index in [0.29, 0.717) is 5.92 Å². The first kappa shape index (κ1) is 17.0. The summed E-state index contributed by atoms with van der Waals surface area (Å²) in [4.78, 5) is 0. The van der Waals surface area contributed by atoms with E-state index in [1.165, 1.54) is 16.7 Å². The lowest BCUT2D eigenvalue weighted by Crippen LogP contribution is -2.26. The number of methoxy groups -OCH3 is 1. The average Bonchev–Trinajstić information content (AvgIpc) is 3.20. The van der Waals surface area contributed by atoms with Gasteiger partial charge in [-0.1, -0.05) is 17.7 Å². The molecule has 1 aliphatic rings. The van der Waals surface area contributed by atoms with Crippen LogP contribution < -0.4 is 10.1 Å². The average molecular weight is 329 g/mol. The molecule has 5 nitrogen and oxygen atoms in total. The molecular formula is C19H27N3O2. The maximum atomic E-state index is 5.92. The molecule has 24 heavy (non-hydrogen) atoms. The highest BCUT2D eigenvalue weighted by molar-refractivity contribution is 5.37. The highest BCUT2D eigenvalue weighted by Gasteiger charge is 2.30. The molecule has 0 aliphatic carbocycles. The quantitative estimate of drug-likeness (QED) is 0.794. The second-order valence-corrected chi connectivity index (χ2v) is 6.56. The number of nitrogens with zero attached hydrogens (tertiary/aromatic N) is 2. The number of aryl methyl sites for hydroxylation is 2. The molecule has 0 amide bonds. The first-order valence-corrected chi connectivity index (χ1v) is 8.61. The second-order valence-electron chi connectivity index (χ2n) is 6.56. The minimum absolute atomic E-state index is 0.166. The number of benzene rings is 1. The molecule has 130 valence electrons. The Morgan fingerprint density at radius 3 is 3.04 bits per heavy atom. The summed E-state index contributed by atoms with van der Waals surface area (Å²) in [5.74, 6) is 1.48. The zero-order chi connectivity index (χ0) is 16.9. The van der Waals surface area contributed by atoms with Crippen LogP contribution in [0.25, 0.3) is 0 Å². The van der Waals surface area contributed by atoms with Gasteiger partial charge in [0.1, 0.15) is 5.75 Å². The van der Waals surface area contributed by atoms with Gasteiger partial charge in [0.05, 0.1) is 19.4 Å². The topological polar surface area (TPSA) is 48.3 Å². The number of ether oxygens (including phenoxy) is 2. The molecular weight excluding hydrogens is 302 g/mol. The van der Waals surface area contributed by atoms with E-state index in [2.05, 4.69) is 35.7 Å². The van der Waals surface area contributed by atoms with E-state index in [0.717, 1.165) is 38.3 Å². The molecule has 5 heteroatoms. The van der Waals surface area contributed by atoms with Crippen molar-refractivity contribution in [2.24, 2.45) is 13.0 Å². The molecule has 1 fully saturated rings. The van der Waals surface area contributed by atoms with E-state index in [9.17, 15) is 0 Å². The molecule has 1 saturated heterocycles. The van der Waals surface area contributed by atoms with Crippen molar-refractivity contribution in [1.82, 2.24) is 15.1 Å². The molecule has 0 spiro atoms. The van der Waals surface area contributed by atoms with Crippen LogP contribution in [-0.2, 0) is 18.2 Å². The van der Waals surface area contributed by atoms with E-state index < -0.39 is 0 Å². The van der Waals surface area contributed by atoms with Crippen LogP contribution >= 0.6 is 0 Å². The smallest absolute Gasteiger partial charge is 0.122 e. The Bertz CT molecular complexity index is 668. The summed E-state index contributed by atoms with van der Waals surface area (Å²) in [7, 11) is 3.68. The van der Waals surface area contributed by atoms with Crippen molar-refractivity contribution in [3.05, 3.63) is 47.3 Å². The van der Waals surface area contributed by atoms with Crippen LogP contribution in [0.3, 0.4) is 0 Å². The normalized spacial score (nSPS) is 20.5. The van der Waals surface area contributed by atoms with Gasteiger partial charge in [-0.15, -0.1) is 0 Å². The van der Waals surface area contributed by atoms with Gasteiger partial charge in [0.15, 0.2) is 0 Å². The highest BCUT2D eigenvalue weighted by Crippen LogP contribution is 2.33. The Morgan fingerprint density at radius 1 is 1.42 bits per heavy atom. The third-order valence-electron chi connectivity index (χ3n) is 4.68. The fourth-order valence-electron chi connectivity index (χ4n) is 3.41. The lowest BCUT2D eigenvalue weighted by atomic mass is 9.97. The summed E-state index contributed by atoms with van der Waals surface area (Å²) < 4.78 is 13.2. The van der Waals surface area contributed by atoms with Gasteiger partial charge < -0.3 is 14.8 Å². The summed E-state index contributed by atoms with van der Waals surface area (Å²) in [5, 5.41) is 7.85. The zero-order valence-electron chi connectivity index (χ0n) is 14.8. The largest absolute Gasteiger partial charge is 0.496 e. The maximum Gasteiger partial charge on any atom is 0.122 e. The van der Waals surface area contributed by atoms with Crippen LogP contribution in [0.5, 0.6) is 5.75 Å². The van der Waals surface area contributed by atoms with Crippen molar-refractivity contribution in [3.63, 3.8) is 0 Å². The van der Waals surface area contributed by atoms with Crippen molar-refractivity contribution < 1.29 is 9.47 Å². The molecule has 1 aliphatic heterocycles. The maximum absolute atomic E-state index is 5.92. The van der Waals surface area contributed by atoms with Gasteiger partial charge in [-0.2, -0.15) is 5.10 Å². The van der Waals surface area contributed by atoms with Crippen molar-refractivity contribution in [3.8, 4) is 5.75 Å². The summed E-state index contributed by atoms with van der Waals surface area (Å²) in [6.45, 7) is 4.85. The molecule has 0 bridgehead atoms. The fraction of sp³-hybridized carbons (Fsp3) is 0.526. The molecule has 2 aromatic rings. The van der Waals surface area contributed by atoms with Gasteiger partial charge in [0.25, 0.3) is 0 Å². The van der Waals surface area contributed by atoms with Crippen molar-refractivity contribution >= 4 is 0 Å². The number of aromatic nitrogens is 2. The van der Waals surface area contributed by atoms with Gasteiger partial charge in [0.2, 0.25) is 0 Å². The number of hydrogen-bond acceptors (Lipinski definition) is 4. The molecule has 1 aromatic heterocycles. The molecule has 0 unspecified atom stereocenters. The second kappa shape index (κ2) is 7.81. The summed E-state index contributed by atoms with van der Waals surface area (Å²) in [6.07, 6.45) is 6.21. The minimum Gasteiger partial charge on any atom is -0.496 e. The standard InChI is InChI=1S/C19H27N3O2/c1-14-4-5-18(23-3)15(10-14)6-8-20-11-16-7-9-24-19(16)17-12-21-22(2)13-17/h4-5,10,12-13,16,19-20H,6-9,11H2,1-3H3/t16-,19+/m1/s1. The van der Waals surface area contributed by atoms with Crippen molar-refractivity contribution in [2.45, 2.75) is 25.9 Å². The first-order valence-electron chi connectivity index (χ1n) is 8.61. The van der Waals surface area contributed by atoms with Gasteiger partial charge >= 0.3 is 0 Å². The monoisotopic (exact) mass is 329 g/mol. The number of hydrogen-bond donors (Lipinski definition) is 1. The van der Waals surface area contributed by atoms with Gasteiger partial charge in [0, 0.05) is 37.9 Å². The Kier molecular flexibility index (Phi) is 5.53. The van der Waals surface area contributed by atoms with Crippen LogP contribution in [0.1, 0.15) is 29.2 Å². The van der Waals surface area contributed by atoms with Crippen molar-refractivity contribution in [1.29, 1.82) is 0 Å². The molecule has 2 heterocycles. The van der Waals surface area contributed by atoms with Crippen LogP contribution in [0.4, 0.5) is 0 Å². The SMILES string of the molecule is COc1ccc(C)cc1CCNC[C@H]1CCO[C@@H]1c1cnn(C)c1.